The molecule has 1 atom stereocenters. The lowest BCUT2D eigenvalue weighted by Gasteiger charge is -2.21. The molecule has 0 spiro atoms. The van der Waals surface area contributed by atoms with Gasteiger partial charge in [-0.05, 0) is 37.0 Å². The fourth-order valence-electron chi connectivity index (χ4n) is 2.62. The summed E-state index contributed by atoms with van der Waals surface area (Å²) in [6.45, 7) is 0.981. The Hall–Kier alpha value is -1.07. The first-order valence-corrected chi connectivity index (χ1v) is 9.04. The molecular weight excluding hydrogens is 272 g/mol. The summed E-state index contributed by atoms with van der Waals surface area (Å²) in [7, 11) is -2.78. The van der Waals surface area contributed by atoms with Gasteiger partial charge in [0, 0.05) is 12.3 Å². The third-order valence-electron chi connectivity index (χ3n) is 3.80. The summed E-state index contributed by atoms with van der Waals surface area (Å²) in [6.07, 6.45) is 6.41. The van der Waals surface area contributed by atoms with E-state index >= 15 is 0 Å². The van der Waals surface area contributed by atoms with Crippen LogP contribution in [0.2, 0.25) is 0 Å². The molecule has 0 bridgehead atoms. The first-order chi connectivity index (χ1) is 9.62. The van der Waals surface area contributed by atoms with Crippen LogP contribution in [-0.4, -0.2) is 23.1 Å². The van der Waals surface area contributed by atoms with Crippen molar-refractivity contribution >= 4 is 9.73 Å². The van der Waals surface area contributed by atoms with Crippen LogP contribution in [0.25, 0.3) is 0 Å². The Morgan fingerprint density at radius 3 is 2.75 bits per heavy atom. The van der Waals surface area contributed by atoms with E-state index in [9.17, 15) is 4.21 Å². The molecule has 3 N–H and O–H groups in total. The van der Waals surface area contributed by atoms with Crippen molar-refractivity contribution in [3.8, 4) is 5.75 Å². The Labute approximate surface area is 121 Å². The highest BCUT2D eigenvalue weighted by atomic mass is 32.2. The van der Waals surface area contributed by atoms with Crippen molar-refractivity contribution in [2.45, 2.75) is 37.0 Å². The zero-order chi connectivity index (χ0) is 14.4. The molecule has 1 aliphatic carbocycles. The monoisotopic (exact) mass is 296 g/mol. The summed E-state index contributed by atoms with van der Waals surface area (Å²) in [4.78, 5) is 0.518. The molecule has 1 unspecified atom stereocenters. The molecule has 1 saturated carbocycles. The van der Waals surface area contributed by atoms with Crippen molar-refractivity contribution in [2.24, 2.45) is 11.7 Å². The predicted molar refractivity (Wildman–Crippen MR) is 81.6 cm³/mol. The molecule has 5 heteroatoms. The summed E-state index contributed by atoms with van der Waals surface area (Å²) in [5.74, 6) is 1.54. The van der Waals surface area contributed by atoms with E-state index in [0.29, 0.717) is 16.6 Å². The fourth-order valence-corrected chi connectivity index (χ4v) is 3.79. The van der Waals surface area contributed by atoms with E-state index in [-0.39, 0.29) is 12.3 Å². The highest BCUT2D eigenvalue weighted by Crippen LogP contribution is 2.25. The molecule has 0 saturated heterocycles. The van der Waals surface area contributed by atoms with Crippen LogP contribution >= 0.6 is 0 Å². The van der Waals surface area contributed by atoms with Crippen molar-refractivity contribution in [3.05, 3.63) is 24.3 Å². The highest BCUT2D eigenvalue weighted by Gasteiger charge is 2.15. The smallest absolute Gasteiger partial charge is 0.120 e. The van der Waals surface area contributed by atoms with E-state index in [2.05, 4.69) is 0 Å². The van der Waals surface area contributed by atoms with Crippen molar-refractivity contribution < 1.29 is 8.95 Å². The molecular formula is C15H24N2O2S. The normalized spacial score (nSPS) is 19.4. The predicted octanol–water partition coefficient (Wildman–Crippen LogP) is 3.01. The Balaban J connectivity index is 1.98. The van der Waals surface area contributed by atoms with Crippen LogP contribution in [0.1, 0.15) is 32.1 Å². The van der Waals surface area contributed by atoms with Gasteiger partial charge in [0.05, 0.1) is 21.2 Å². The SMILES string of the molecule is N=S(=O)(CCN)c1cccc(OCC2CCCCC2)c1. The molecule has 0 aromatic heterocycles. The fraction of sp³-hybridized carbons (Fsp3) is 0.600. The zero-order valence-electron chi connectivity index (χ0n) is 11.8. The van der Waals surface area contributed by atoms with Crippen molar-refractivity contribution in [3.63, 3.8) is 0 Å². The second-order valence-corrected chi connectivity index (χ2v) is 7.69. The van der Waals surface area contributed by atoms with E-state index in [1.807, 2.05) is 6.07 Å². The van der Waals surface area contributed by atoms with Gasteiger partial charge in [0.15, 0.2) is 0 Å². The van der Waals surface area contributed by atoms with Crippen molar-refractivity contribution in [1.82, 2.24) is 0 Å². The Kier molecular flexibility index (Phi) is 5.43. The minimum atomic E-state index is -2.78. The topological polar surface area (TPSA) is 76.2 Å². The second kappa shape index (κ2) is 7.09. The van der Waals surface area contributed by atoms with E-state index in [0.717, 1.165) is 6.61 Å². The molecule has 1 fully saturated rings. The third-order valence-corrected chi connectivity index (χ3v) is 5.63. The van der Waals surface area contributed by atoms with Crippen LogP contribution in [0.4, 0.5) is 0 Å². The minimum absolute atomic E-state index is 0.194. The number of hydrogen-bond donors (Lipinski definition) is 2. The molecule has 1 aromatic carbocycles. The standard InChI is InChI=1S/C15H24N2O2S/c16-9-10-20(17,18)15-8-4-7-14(11-15)19-12-13-5-2-1-3-6-13/h4,7-8,11,13,17H,1-3,5-6,9-10,12,16H2. The van der Waals surface area contributed by atoms with Gasteiger partial charge in [-0.2, -0.15) is 0 Å². The van der Waals surface area contributed by atoms with Crippen LogP contribution < -0.4 is 10.5 Å². The third kappa shape index (κ3) is 4.21. The summed E-state index contributed by atoms with van der Waals surface area (Å²) in [5, 5.41) is 0. The molecule has 4 nitrogen and oxygen atoms in total. The van der Waals surface area contributed by atoms with Crippen LogP contribution in [0.3, 0.4) is 0 Å². The number of rotatable bonds is 6. The van der Waals surface area contributed by atoms with Crippen molar-refractivity contribution in [2.75, 3.05) is 18.9 Å². The maximum Gasteiger partial charge on any atom is 0.120 e. The first kappa shape index (κ1) is 15.3. The second-order valence-electron chi connectivity index (χ2n) is 5.46. The summed E-state index contributed by atoms with van der Waals surface area (Å²) in [6, 6.07) is 7.12. The molecule has 0 heterocycles. The number of hydrogen-bond acceptors (Lipinski definition) is 4. The maximum absolute atomic E-state index is 12.2. The van der Waals surface area contributed by atoms with Crippen LogP contribution in [0, 0.1) is 10.7 Å². The number of nitrogens with two attached hydrogens (primary N) is 1. The number of benzene rings is 1. The Morgan fingerprint density at radius 2 is 2.05 bits per heavy atom. The van der Waals surface area contributed by atoms with Crippen molar-refractivity contribution in [1.29, 1.82) is 4.78 Å². The van der Waals surface area contributed by atoms with Gasteiger partial charge in [0.1, 0.15) is 5.75 Å². The molecule has 1 aromatic rings. The Bertz CT molecular complexity index is 522. The molecule has 0 radical (unpaired) electrons. The maximum atomic E-state index is 12.2. The van der Waals surface area contributed by atoms with Crippen LogP contribution in [0.5, 0.6) is 5.75 Å². The van der Waals surface area contributed by atoms with E-state index in [1.165, 1.54) is 32.1 Å². The van der Waals surface area contributed by atoms with E-state index in [1.54, 1.807) is 18.2 Å². The molecule has 2 rings (SSSR count). The summed E-state index contributed by atoms with van der Waals surface area (Å²) >= 11 is 0. The number of nitrogens with one attached hydrogen (secondary N) is 1. The zero-order valence-corrected chi connectivity index (χ0v) is 12.7. The van der Waals surface area contributed by atoms with Crippen LogP contribution in [-0.2, 0) is 9.73 Å². The average molecular weight is 296 g/mol. The average Bonchev–Trinajstić information content (AvgIpc) is 2.46. The largest absolute Gasteiger partial charge is 0.493 e. The van der Waals surface area contributed by atoms with Gasteiger partial charge in [-0.3, -0.25) is 0 Å². The lowest BCUT2D eigenvalue weighted by atomic mass is 9.90. The minimum Gasteiger partial charge on any atom is -0.493 e. The Morgan fingerprint density at radius 1 is 1.30 bits per heavy atom. The lowest BCUT2D eigenvalue weighted by Crippen LogP contribution is -2.16. The summed E-state index contributed by atoms with van der Waals surface area (Å²) in [5.41, 5.74) is 5.42. The first-order valence-electron chi connectivity index (χ1n) is 7.31. The van der Waals surface area contributed by atoms with Gasteiger partial charge in [0.25, 0.3) is 0 Å². The van der Waals surface area contributed by atoms with E-state index < -0.39 is 9.73 Å². The van der Waals surface area contributed by atoms with Crippen LogP contribution in [0.15, 0.2) is 29.2 Å². The van der Waals surface area contributed by atoms with E-state index in [4.69, 9.17) is 15.3 Å². The lowest BCUT2D eigenvalue weighted by molar-refractivity contribution is 0.208. The van der Waals surface area contributed by atoms with Gasteiger partial charge in [0.2, 0.25) is 0 Å². The quantitative estimate of drug-likeness (QED) is 0.847. The van der Waals surface area contributed by atoms with Gasteiger partial charge in [-0.15, -0.1) is 0 Å². The highest BCUT2D eigenvalue weighted by molar-refractivity contribution is 7.92. The molecule has 1 aliphatic rings. The van der Waals surface area contributed by atoms with Gasteiger partial charge < -0.3 is 10.5 Å². The molecule has 112 valence electrons. The summed E-state index contributed by atoms with van der Waals surface area (Å²) < 4.78 is 25.9. The number of ether oxygens (including phenoxy) is 1. The molecule has 0 aliphatic heterocycles. The molecule has 0 amide bonds. The van der Waals surface area contributed by atoms with Gasteiger partial charge in [-0.1, -0.05) is 25.3 Å². The molecule has 20 heavy (non-hydrogen) atoms. The van der Waals surface area contributed by atoms with Gasteiger partial charge >= 0.3 is 0 Å². The van der Waals surface area contributed by atoms with Gasteiger partial charge in [-0.25, -0.2) is 8.99 Å².